The molecule has 0 radical (unpaired) electrons. The summed E-state index contributed by atoms with van der Waals surface area (Å²) in [7, 11) is 0. The van der Waals surface area contributed by atoms with E-state index in [1.54, 1.807) is 0 Å². The zero-order valence-corrected chi connectivity index (χ0v) is 15.9. The number of unbranched alkanes of at least 4 members (excludes halogenated alkanes) is 6. The molecule has 0 atom stereocenters. The van der Waals surface area contributed by atoms with Crippen LogP contribution in [0.4, 0.5) is 0 Å². The Balaban J connectivity index is 1.90. The third-order valence-electron chi connectivity index (χ3n) is 4.84. The van der Waals surface area contributed by atoms with Crippen LogP contribution in [0.5, 0.6) is 0 Å². The molecule has 1 heterocycles. The Morgan fingerprint density at radius 3 is 2.42 bits per heavy atom. The number of fused-ring (bicyclic) bond motifs is 1. The van der Waals surface area contributed by atoms with Gasteiger partial charge in [-0.25, -0.2) is 9.13 Å². The quantitative estimate of drug-likeness (QED) is 0.377. The molecule has 3 heteroatoms. The minimum absolute atomic E-state index is 0.667. The molecule has 0 unspecified atom stereocenters. The summed E-state index contributed by atoms with van der Waals surface area (Å²) in [4.78, 5) is 0. The Hall–Kier alpha value is -1.35. The standard InChI is InChI=1S/C21H35N2O/c1-4-6-8-9-10-13-17-24-18-23-19(3)22(16-7-5-2)20-14-11-12-15-21(20)23/h11-12,14-15H,4-10,13,16-18H2,1-3H3/q+1. The molecule has 0 aliphatic carbocycles. The molecule has 0 saturated heterocycles. The van der Waals surface area contributed by atoms with Crippen LogP contribution in [-0.4, -0.2) is 11.2 Å². The molecule has 0 amide bonds. The number of aryl methyl sites for hydroxylation is 1. The molecule has 2 aromatic rings. The molecule has 0 saturated carbocycles. The normalized spacial score (nSPS) is 11.5. The molecular formula is C21H35N2O+. The molecule has 2 rings (SSSR count). The van der Waals surface area contributed by atoms with Gasteiger partial charge in [-0.05, 0) is 25.0 Å². The summed E-state index contributed by atoms with van der Waals surface area (Å²) in [5, 5.41) is 0. The SMILES string of the molecule is CCCCCCCCOC[n+]1c(C)n(CCCC)c2ccccc21. The summed E-state index contributed by atoms with van der Waals surface area (Å²) in [6.45, 7) is 9.35. The van der Waals surface area contributed by atoms with E-state index in [1.807, 2.05) is 0 Å². The van der Waals surface area contributed by atoms with E-state index in [4.69, 9.17) is 4.74 Å². The van der Waals surface area contributed by atoms with Gasteiger partial charge in [0.05, 0.1) is 13.2 Å². The van der Waals surface area contributed by atoms with Gasteiger partial charge in [-0.1, -0.05) is 64.5 Å². The maximum absolute atomic E-state index is 5.98. The number of imidazole rings is 1. The second-order valence-electron chi connectivity index (χ2n) is 6.77. The molecule has 24 heavy (non-hydrogen) atoms. The van der Waals surface area contributed by atoms with Crippen molar-refractivity contribution in [1.29, 1.82) is 0 Å². The van der Waals surface area contributed by atoms with Gasteiger partial charge in [0.15, 0.2) is 17.8 Å². The summed E-state index contributed by atoms with van der Waals surface area (Å²) in [5.74, 6) is 1.30. The van der Waals surface area contributed by atoms with Gasteiger partial charge in [-0.3, -0.25) is 0 Å². The van der Waals surface area contributed by atoms with E-state index in [-0.39, 0.29) is 0 Å². The highest BCUT2D eigenvalue weighted by molar-refractivity contribution is 5.72. The minimum atomic E-state index is 0.667. The molecule has 0 aliphatic rings. The molecule has 0 bridgehead atoms. The first-order chi connectivity index (χ1) is 11.8. The maximum atomic E-state index is 5.98. The van der Waals surface area contributed by atoms with Gasteiger partial charge in [0, 0.05) is 6.92 Å². The second kappa shape index (κ2) is 10.5. The number of benzene rings is 1. The predicted molar refractivity (Wildman–Crippen MR) is 101 cm³/mol. The van der Waals surface area contributed by atoms with Crippen LogP contribution in [0, 0.1) is 6.92 Å². The van der Waals surface area contributed by atoms with Crippen LogP contribution in [0.2, 0.25) is 0 Å². The highest BCUT2D eigenvalue weighted by Gasteiger charge is 2.20. The molecule has 1 aromatic carbocycles. The van der Waals surface area contributed by atoms with E-state index in [1.165, 1.54) is 68.2 Å². The molecular weight excluding hydrogens is 296 g/mol. The monoisotopic (exact) mass is 331 g/mol. The van der Waals surface area contributed by atoms with Crippen LogP contribution in [0.25, 0.3) is 11.0 Å². The number of nitrogens with zero attached hydrogens (tertiary/aromatic N) is 2. The van der Waals surface area contributed by atoms with Crippen molar-refractivity contribution in [2.24, 2.45) is 0 Å². The number of para-hydroxylation sites is 2. The molecule has 3 nitrogen and oxygen atoms in total. The summed E-state index contributed by atoms with van der Waals surface area (Å²) >= 11 is 0. The van der Waals surface area contributed by atoms with E-state index in [9.17, 15) is 0 Å². The van der Waals surface area contributed by atoms with Crippen LogP contribution in [-0.2, 0) is 18.0 Å². The van der Waals surface area contributed by atoms with Crippen LogP contribution in [0.3, 0.4) is 0 Å². The number of rotatable bonds is 12. The number of ether oxygens (including phenoxy) is 1. The van der Waals surface area contributed by atoms with Crippen LogP contribution < -0.4 is 4.57 Å². The fourth-order valence-electron chi connectivity index (χ4n) is 3.32. The van der Waals surface area contributed by atoms with E-state index in [0.717, 1.165) is 13.2 Å². The topological polar surface area (TPSA) is 18.0 Å². The Labute approximate surface area is 147 Å². The first kappa shape index (κ1) is 19.0. The zero-order valence-electron chi connectivity index (χ0n) is 15.9. The third-order valence-corrected chi connectivity index (χ3v) is 4.84. The Kier molecular flexibility index (Phi) is 8.31. The van der Waals surface area contributed by atoms with Crippen molar-refractivity contribution in [1.82, 2.24) is 4.57 Å². The van der Waals surface area contributed by atoms with Gasteiger partial charge < -0.3 is 4.74 Å². The van der Waals surface area contributed by atoms with E-state index >= 15 is 0 Å². The summed E-state index contributed by atoms with van der Waals surface area (Å²) < 4.78 is 10.7. The van der Waals surface area contributed by atoms with Crippen LogP contribution in [0.1, 0.15) is 71.0 Å². The van der Waals surface area contributed by atoms with Crippen molar-refractivity contribution in [2.45, 2.75) is 85.4 Å². The number of hydrogen-bond acceptors (Lipinski definition) is 1. The maximum Gasteiger partial charge on any atom is 0.256 e. The molecule has 0 spiro atoms. The summed E-state index contributed by atoms with van der Waals surface area (Å²) in [6, 6.07) is 8.68. The second-order valence-corrected chi connectivity index (χ2v) is 6.77. The van der Waals surface area contributed by atoms with Crippen molar-refractivity contribution >= 4 is 11.0 Å². The molecule has 1 aromatic heterocycles. The van der Waals surface area contributed by atoms with Gasteiger partial charge >= 0.3 is 0 Å². The third kappa shape index (κ3) is 5.07. The molecule has 0 fully saturated rings. The van der Waals surface area contributed by atoms with Gasteiger partial charge in [-0.15, -0.1) is 0 Å². The first-order valence-electron chi connectivity index (χ1n) is 9.85. The first-order valence-corrected chi connectivity index (χ1v) is 9.85. The van der Waals surface area contributed by atoms with E-state index < -0.39 is 0 Å². The lowest BCUT2D eigenvalue weighted by molar-refractivity contribution is -0.715. The largest absolute Gasteiger partial charge is 0.342 e. The van der Waals surface area contributed by atoms with Crippen molar-refractivity contribution in [3.05, 3.63) is 30.1 Å². The van der Waals surface area contributed by atoms with Crippen LogP contribution in [0.15, 0.2) is 24.3 Å². The van der Waals surface area contributed by atoms with Crippen molar-refractivity contribution in [3.8, 4) is 0 Å². The van der Waals surface area contributed by atoms with Crippen molar-refractivity contribution in [2.75, 3.05) is 6.61 Å². The lowest BCUT2D eigenvalue weighted by Gasteiger charge is -2.04. The van der Waals surface area contributed by atoms with Gasteiger partial charge in [0.2, 0.25) is 0 Å². The Morgan fingerprint density at radius 1 is 0.917 bits per heavy atom. The highest BCUT2D eigenvalue weighted by Crippen LogP contribution is 2.15. The number of hydrogen-bond donors (Lipinski definition) is 0. The van der Waals surface area contributed by atoms with Crippen molar-refractivity contribution < 1.29 is 9.30 Å². The predicted octanol–water partition coefficient (Wildman–Crippen LogP) is 5.37. The molecule has 0 aliphatic heterocycles. The molecule has 134 valence electrons. The minimum Gasteiger partial charge on any atom is -0.342 e. The van der Waals surface area contributed by atoms with E-state index in [2.05, 4.69) is 54.2 Å². The van der Waals surface area contributed by atoms with E-state index in [0.29, 0.717) is 6.73 Å². The van der Waals surface area contributed by atoms with Gasteiger partial charge in [-0.2, -0.15) is 0 Å². The summed E-state index contributed by atoms with van der Waals surface area (Å²) in [5.41, 5.74) is 2.61. The number of aromatic nitrogens is 2. The fraction of sp³-hybridized carbons (Fsp3) is 0.667. The highest BCUT2D eigenvalue weighted by atomic mass is 16.5. The van der Waals surface area contributed by atoms with Gasteiger partial charge in [0.25, 0.3) is 5.82 Å². The summed E-state index contributed by atoms with van der Waals surface area (Å²) in [6.07, 6.45) is 10.3. The van der Waals surface area contributed by atoms with Gasteiger partial charge in [0.1, 0.15) is 0 Å². The lowest BCUT2D eigenvalue weighted by atomic mass is 10.1. The average molecular weight is 332 g/mol. The lowest BCUT2D eigenvalue weighted by Crippen LogP contribution is -2.38. The molecule has 0 N–H and O–H groups in total. The smallest absolute Gasteiger partial charge is 0.256 e. The Bertz CT molecular complexity index is 603. The average Bonchev–Trinajstić information content (AvgIpc) is 2.87. The van der Waals surface area contributed by atoms with Crippen molar-refractivity contribution in [3.63, 3.8) is 0 Å². The Morgan fingerprint density at radius 2 is 1.62 bits per heavy atom. The van der Waals surface area contributed by atoms with Crippen LogP contribution >= 0.6 is 0 Å². The zero-order chi connectivity index (χ0) is 17.2. The fourth-order valence-corrected chi connectivity index (χ4v) is 3.32.